The van der Waals surface area contributed by atoms with Crippen LogP contribution in [0.4, 0.5) is 0 Å². The summed E-state index contributed by atoms with van der Waals surface area (Å²) < 4.78 is -0.0102. The number of thioether (sulfide) groups is 2. The molecular weight excluding hydrogens is 256 g/mol. The molecule has 0 amide bonds. The molecule has 3 nitrogen and oxygen atoms in total. The first-order chi connectivity index (χ1) is 7.95. The quantitative estimate of drug-likeness (QED) is 0.782. The zero-order valence-corrected chi connectivity index (χ0v) is 12.2. The molecule has 0 aromatic heterocycles. The van der Waals surface area contributed by atoms with Gasteiger partial charge < -0.3 is 5.11 Å². The molecule has 5 heteroatoms. The van der Waals surface area contributed by atoms with Crippen LogP contribution in [0, 0.1) is 11.8 Å². The second-order valence-electron chi connectivity index (χ2n) is 4.45. The van der Waals surface area contributed by atoms with E-state index in [4.69, 9.17) is 0 Å². The Morgan fingerprint density at radius 2 is 2.06 bits per heavy atom. The number of carbonyl (C=O) groups excluding carboxylic acids is 1. The molecule has 1 aliphatic carbocycles. The molecule has 1 aliphatic rings. The molecule has 0 radical (unpaired) electrons. The van der Waals surface area contributed by atoms with Crippen molar-refractivity contribution in [3.05, 3.63) is 0 Å². The summed E-state index contributed by atoms with van der Waals surface area (Å²) in [5.41, 5.74) is 0. The smallest absolute Gasteiger partial charge is 0.307 e. The minimum atomic E-state index is -0.819. The third kappa shape index (κ3) is 3.41. The maximum Gasteiger partial charge on any atom is 0.307 e. The van der Waals surface area contributed by atoms with Crippen molar-refractivity contribution in [2.24, 2.45) is 11.8 Å². The topological polar surface area (TPSA) is 54.4 Å². The number of Topliss-reactive ketones (excluding diaryl/α,β-unsaturated/α-hetero) is 1. The maximum atomic E-state index is 11.5. The Balaban J connectivity index is 2.87. The average molecular weight is 276 g/mol. The predicted molar refractivity (Wildman–Crippen MR) is 73.5 cm³/mol. The summed E-state index contributed by atoms with van der Waals surface area (Å²) in [6.07, 6.45) is 4.28. The molecule has 1 N–H and O–H groups in total. The van der Waals surface area contributed by atoms with Crippen LogP contribution in [-0.4, -0.2) is 32.9 Å². The van der Waals surface area contributed by atoms with Crippen molar-refractivity contribution >= 4 is 35.3 Å². The van der Waals surface area contributed by atoms with Crippen molar-refractivity contribution in [3.63, 3.8) is 0 Å². The van der Waals surface area contributed by atoms with Gasteiger partial charge in [0, 0.05) is 5.92 Å². The van der Waals surface area contributed by atoms with Gasteiger partial charge in [0.2, 0.25) is 0 Å². The number of carboxylic acid groups (broad SMARTS) is 1. The minimum Gasteiger partial charge on any atom is -0.481 e. The van der Waals surface area contributed by atoms with Crippen LogP contribution in [0.25, 0.3) is 0 Å². The monoisotopic (exact) mass is 276 g/mol. The molecule has 0 heterocycles. The van der Waals surface area contributed by atoms with E-state index in [0.29, 0.717) is 12.8 Å². The van der Waals surface area contributed by atoms with E-state index < -0.39 is 11.9 Å². The predicted octanol–water partition coefficient (Wildman–Crippen LogP) is 2.89. The number of hydrogen-bond donors (Lipinski definition) is 1. The first kappa shape index (κ1) is 14.9. The lowest BCUT2D eigenvalue weighted by Gasteiger charge is -2.41. The number of hydrogen-bond acceptors (Lipinski definition) is 4. The molecule has 0 aliphatic heterocycles. The molecule has 0 spiro atoms. The number of carbonyl (C=O) groups is 2. The van der Waals surface area contributed by atoms with Crippen molar-refractivity contribution in [1.29, 1.82) is 0 Å². The largest absolute Gasteiger partial charge is 0.481 e. The van der Waals surface area contributed by atoms with Crippen LogP contribution >= 0.6 is 23.5 Å². The zero-order chi connectivity index (χ0) is 13.1. The van der Waals surface area contributed by atoms with Gasteiger partial charge in [-0.15, -0.1) is 23.5 Å². The molecule has 1 saturated carbocycles. The van der Waals surface area contributed by atoms with Gasteiger partial charge in [0.05, 0.1) is 10.00 Å². The number of carboxylic acids is 1. The van der Waals surface area contributed by atoms with Crippen LogP contribution in [0.5, 0.6) is 0 Å². The van der Waals surface area contributed by atoms with Gasteiger partial charge in [0.25, 0.3) is 0 Å². The van der Waals surface area contributed by atoms with Crippen LogP contribution < -0.4 is 0 Å². The van der Waals surface area contributed by atoms with Gasteiger partial charge in [-0.25, -0.2) is 0 Å². The third-order valence-electron chi connectivity index (χ3n) is 3.47. The van der Waals surface area contributed by atoms with Crippen LogP contribution in [0.3, 0.4) is 0 Å². The van der Waals surface area contributed by atoms with Crippen LogP contribution in [-0.2, 0) is 9.59 Å². The van der Waals surface area contributed by atoms with E-state index in [1.165, 1.54) is 6.92 Å². The molecule has 1 fully saturated rings. The Bertz CT molecular complexity index is 306. The third-order valence-corrected chi connectivity index (χ3v) is 6.63. The SMILES string of the molecule is CCSC1(SC)CC[C@H](C(C)=O)[C@@H](C(=O)O)C1. The first-order valence-corrected chi connectivity index (χ1v) is 8.09. The van der Waals surface area contributed by atoms with E-state index in [0.717, 1.165) is 12.2 Å². The molecule has 0 aromatic carbocycles. The Hall–Kier alpha value is -0.160. The number of ketones is 1. The summed E-state index contributed by atoms with van der Waals surface area (Å²) in [4.78, 5) is 22.8. The van der Waals surface area contributed by atoms with Crippen LogP contribution in [0.1, 0.15) is 33.1 Å². The van der Waals surface area contributed by atoms with Crippen molar-refractivity contribution in [2.45, 2.75) is 37.2 Å². The Morgan fingerprint density at radius 3 is 2.47 bits per heavy atom. The van der Waals surface area contributed by atoms with E-state index >= 15 is 0 Å². The Morgan fingerprint density at radius 1 is 1.41 bits per heavy atom. The molecule has 3 atom stereocenters. The molecule has 0 saturated heterocycles. The van der Waals surface area contributed by atoms with Crippen LogP contribution in [0.15, 0.2) is 0 Å². The van der Waals surface area contributed by atoms with Crippen molar-refractivity contribution < 1.29 is 14.7 Å². The minimum absolute atomic E-state index is 0.0102. The normalized spacial score (nSPS) is 33.4. The van der Waals surface area contributed by atoms with Gasteiger partial charge >= 0.3 is 5.97 Å². The lowest BCUT2D eigenvalue weighted by molar-refractivity contribution is -0.148. The van der Waals surface area contributed by atoms with E-state index in [1.54, 1.807) is 11.8 Å². The van der Waals surface area contributed by atoms with Crippen molar-refractivity contribution in [1.82, 2.24) is 0 Å². The lowest BCUT2D eigenvalue weighted by Crippen LogP contribution is -2.40. The van der Waals surface area contributed by atoms with Gasteiger partial charge in [-0.2, -0.15) is 0 Å². The molecule has 1 rings (SSSR count). The summed E-state index contributed by atoms with van der Waals surface area (Å²) in [6, 6.07) is 0. The average Bonchev–Trinajstić information content (AvgIpc) is 2.28. The van der Waals surface area contributed by atoms with Gasteiger partial charge in [0.1, 0.15) is 5.78 Å². The second-order valence-corrected chi connectivity index (χ2v) is 7.55. The standard InChI is InChI=1S/C12H20O3S2/c1-4-17-12(16-3)6-5-9(8(2)13)10(7-12)11(14)15/h9-10H,4-7H2,1-3H3,(H,14,15)/t9-,10+,12?/m1/s1. The number of rotatable bonds is 5. The summed E-state index contributed by atoms with van der Waals surface area (Å²) >= 11 is 3.56. The van der Waals surface area contributed by atoms with Crippen molar-refractivity contribution in [2.75, 3.05) is 12.0 Å². The summed E-state index contributed by atoms with van der Waals surface area (Å²) in [5.74, 6) is -0.607. The number of aliphatic carboxylic acids is 1. The van der Waals surface area contributed by atoms with Crippen molar-refractivity contribution in [3.8, 4) is 0 Å². The van der Waals surface area contributed by atoms with Gasteiger partial charge in [-0.1, -0.05) is 6.92 Å². The van der Waals surface area contributed by atoms with E-state index in [9.17, 15) is 14.7 Å². The van der Waals surface area contributed by atoms with Gasteiger partial charge in [-0.05, 0) is 38.2 Å². The lowest BCUT2D eigenvalue weighted by atomic mass is 9.77. The van der Waals surface area contributed by atoms with Gasteiger partial charge in [-0.3, -0.25) is 9.59 Å². The highest BCUT2D eigenvalue weighted by Gasteiger charge is 2.45. The van der Waals surface area contributed by atoms with Gasteiger partial charge in [0.15, 0.2) is 0 Å². The highest BCUT2D eigenvalue weighted by molar-refractivity contribution is 8.17. The molecule has 0 aromatic rings. The second kappa shape index (κ2) is 6.14. The highest BCUT2D eigenvalue weighted by Crippen LogP contribution is 2.50. The zero-order valence-electron chi connectivity index (χ0n) is 10.6. The summed E-state index contributed by atoms with van der Waals surface area (Å²) in [5, 5.41) is 9.28. The fourth-order valence-electron chi connectivity index (χ4n) is 2.54. The fraction of sp³-hybridized carbons (Fsp3) is 0.833. The van der Waals surface area contributed by atoms with E-state index in [2.05, 4.69) is 6.92 Å². The summed E-state index contributed by atoms with van der Waals surface area (Å²) in [7, 11) is 0. The summed E-state index contributed by atoms with van der Waals surface area (Å²) in [6.45, 7) is 3.61. The first-order valence-electron chi connectivity index (χ1n) is 5.88. The highest BCUT2D eigenvalue weighted by atomic mass is 32.2. The molecule has 1 unspecified atom stereocenters. The van der Waals surface area contributed by atoms with E-state index in [-0.39, 0.29) is 15.8 Å². The molecular formula is C12H20O3S2. The van der Waals surface area contributed by atoms with E-state index in [1.807, 2.05) is 18.0 Å². The van der Waals surface area contributed by atoms with Crippen LogP contribution in [0.2, 0.25) is 0 Å². The molecule has 0 bridgehead atoms. The molecule has 98 valence electrons. The maximum absolute atomic E-state index is 11.5. The Kier molecular flexibility index (Phi) is 5.38. The molecule has 17 heavy (non-hydrogen) atoms. The fourth-order valence-corrected chi connectivity index (χ4v) is 5.12. The Labute approximate surface area is 111 Å².